The van der Waals surface area contributed by atoms with Crippen LogP contribution >= 0.6 is 22.6 Å². The zero-order valence-corrected chi connectivity index (χ0v) is 14.7. The molecule has 1 aliphatic rings. The van der Waals surface area contributed by atoms with Crippen LogP contribution in [-0.4, -0.2) is 42.8 Å². The number of nitrogens with zero attached hydrogens (tertiary/aromatic N) is 2. The second-order valence-electron chi connectivity index (χ2n) is 5.08. The molecule has 0 unspecified atom stereocenters. The highest BCUT2D eigenvalue weighted by molar-refractivity contribution is 14.1. The van der Waals surface area contributed by atoms with E-state index in [2.05, 4.69) is 22.6 Å². The van der Waals surface area contributed by atoms with Crippen LogP contribution in [0.25, 0.3) is 0 Å². The monoisotopic (exact) mass is 417 g/mol. The van der Waals surface area contributed by atoms with Gasteiger partial charge in [0.15, 0.2) is 0 Å². The number of likely N-dealkylation sites (tertiary alicyclic amines) is 1. The molecule has 0 bridgehead atoms. The zero-order chi connectivity index (χ0) is 16.1. The minimum Gasteiger partial charge on any atom is -0.450 e. The molecule has 0 spiro atoms. The van der Waals surface area contributed by atoms with Crippen LogP contribution in [0.1, 0.15) is 19.8 Å². The molecule has 3 amide bonds. The van der Waals surface area contributed by atoms with E-state index in [0.717, 1.165) is 9.26 Å². The van der Waals surface area contributed by atoms with Gasteiger partial charge < -0.3 is 15.4 Å². The van der Waals surface area contributed by atoms with Crippen molar-refractivity contribution in [3.05, 3.63) is 27.8 Å². The van der Waals surface area contributed by atoms with Gasteiger partial charge in [-0.3, -0.25) is 4.90 Å². The van der Waals surface area contributed by atoms with E-state index in [1.54, 1.807) is 16.7 Å². The average Bonchev–Trinajstić information content (AvgIpc) is 2.50. The van der Waals surface area contributed by atoms with Crippen molar-refractivity contribution in [3.8, 4) is 0 Å². The number of para-hydroxylation sites is 1. The van der Waals surface area contributed by atoms with Gasteiger partial charge in [0, 0.05) is 22.7 Å². The number of benzene rings is 1. The summed E-state index contributed by atoms with van der Waals surface area (Å²) in [6, 6.07) is 7.19. The van der Waals surface area contributed by atoms with Crippen LogP contribution in [-0.2, 0) is 4.74 Å². The highest BCUT2D eigenvalue weighted by Crippen LogP contribution is 2.28. The molecule has 1 saturated heterocycles. The van der Waals surface area contributed by atoms with Gasteiger partial charge in [-0.05, 0) is 54.5 Å². The highest BCUT2D eigenvalue weighted by atomic mass is 127. The predicted octanol–water partition coefficient (Wildman–Crippen LogP) is 2.80. The molecule has 2 N–H and O–H groups in total. The van der Waals surface area contributed by atoms with Gasteiger partial charge in [-0.25, -0.2) is 9.59 Å². The number of rotatable bonds is 3. The highest BCUT2D eigenvalue weighted by Gasteiger charge is 2.30. The lowest BCUT2D eigenvalue weighted by Crippen LogP contribution is -2.51. The molecule has 0 radical (unpaired) electrons. The molecule has 0 aromatic heterocycles. The lowest BCUT2D eigenvalue weighted by molar-refractivity contribution is 0.0972. The fourth-order valence-electron chi connectivity index (χ4n) is 2.66. The van der Waals surface area contributed by atoms with Crippen LogP contribution in [0.4, 0.5) is 15.3 Å². The molecule has 1 aromatic rings. The number of urea groups is 1. The lowest BCUT2D eigenvalue weighted by atomic mass is 10.0. The van der Waals surface area contributed by atoms with Crippen molar-refractivity contribution in [2.45, 2.75) is 25.8 Å². The first-order valence-electron chi connectivity index (χ1n) is 7.29. The number of amides is 3. The van der Waals surface area contributed by atoms with E-state index >= 15 is 0 Å². The predicted molar refractivity (Wildman–Crippen MR) is 92.8 cm³/mol. The number of nitrogens with two attached hydrogens (primary N) is 1. The first-order chi connectivity index (χ1) is 10.5. The van der Waals surface area contributed by atoms with Crippen LogP contribution in [0, 0.1) is 3.57 Å². The number of carbonyl (C=O) groups excluding carboxylic acids is 2. The molecule has 1 aromatic carbocycles. The molecule has 0 atom stereocenters. The number of primary amides is 1. The quantitative estimate of drug-likeness (QED) is 0.769. The standard InChI is InChI=1S/C15H20IN3O3/c1-2-22-15(21)18-9-7-11(8-10-18)19(14(17)20)13-6-4-3-5-12(13)16/h3-6,11H,2,7-10H2,1H3,(H2,17,20). The number of carbonyl (C=O) groups is 2. The largest absolute Gasteiger partial charge is 0.450 e. The minimum absolute atomic E-state index is 0.000840. The summed E-state index contributed by atoms with van der Waals surface area (Å²) in [5.41, 5.74) is 6.41. The molecule has 0 saturated carbocycles. The zero-order valence-electron chi connectivity index (χ0n) is 12.5. The Morgan fingerprint density at radius 1 is 1.36 bits per heavy atom. The van der Waals surface area contributed by atoms with Crippen LogP contribution < -0.4 is 10.6 Å². The van der Waals surface area contributed by atoms with Gasteiger partial charge in [0.1, 0.15) is 0 Å². The molecule has 6 nitrogen and oxygen atoms in total. The summed E-state index contributed by atoms with van der Waals surface area (Å²) in [4.78, 5) is 27.0. The summed E-state index contributed by atoms with van der Waals surface area (Å²) in [5.74, 6) is 0. The molecule has 7 heteroatoms. The van der Waals surface area contributed by atoms with E-state index in [0.29, 0.717) is 32.5 Å². The summed E-state index contributed by atoms with van der Waals surface area (Å²) in [6.07, 6.45) is 1.08. The lowest BCUT2D eigenvalue weighted by Gasteiger charge is -2.37. The Bertz CT molecular complexity index is 545. The van der Waals surface area contributed by atoms with Gasteiger partial charge >= 0.3 is 12.1 Å². The van der Waals surface area contributed by atoms with E-state index in [9.17, 15) is 9.59 Å². The Labute approximate surface area is 143 Å². The maximum Gasteiger partial charge on any atom is 0.409 e. The number of hydrogen-bond donors (Lipinski definition) is 1. The van der Waals surface area contributed by atoms with E-state index in [1.165, 1.54) is 0 Å². The van der Waals surface area contributed by atoms with Crippen molar-refractivity contribution in [3.63, 3.8) is 0 Å². The number of anilines is 1. The number of hydrogen-bond acceptors (Lipinski definition) is 3. The molecule has 120 valence electrons. The first kappa shape index (κ1) is 16.9. The molecular formula is C15H20IN3O3. The van der Waals surface area contributed by atoms with Crippen molar-refractivity contribution in [1.29, 1.82) is 0 Å². The van der Waals surface area contributed by atoms with Gasteiger partial charge in [-0.15, -0.1) is 0 Å². The third-order valence-electron chi connectivity index (χ3n) is 3.71. The molecule has 0 aliphatic carbocycles. The topological polar surface area (TPSA) is 75.9 Å². The Balaban J connectivity index is 2.08. The van der Waals surface area contributed by atoms with Crippen LogP contribution in [0.2, 0.25) is 0 Å². The Kier molecular flexibility index (Phi) is 5.87. The third-order valence-corrected chi connectivity index (χ3v) is 4.62. The van der Waals surface area contributed by atoms with Gasteiger partial charge in [0.25, 0.3) is 0 Å². The average molecular weight is 417 g/mol. The SMILES string of the molecule is CCOC(=O)N1CCC(N(C(N)=O)c2ccccc2I)CC1. The molecular weight excluding hydrogens is 397 g/mol. The van der Waals surface area contributed by atoms with Gasteiger partial charge in [0.2, 0.25) is 0 Å². The normalized spacial score (nSPS) is 15.5. The summed E-state index contributed by atoms with van der Waals surface area (Å²) in [5, 5.41) is 0. The number of halogens is 1. The second kappa shape index (κ2) is 7.66. The summed E-state index contributed by atoms with van der Waals surface area (Å²) >= 11 is 2.20. The molecule has 1 aliphatic heterocycles. The molecule has 1 fully saturated rings. The summed E-state index contributed by atoms with van der Waals surface area (Å²) < 4.78 is 5.99. The van der Waals surface area contributed by atoms with Crippen LogP contribution in [0.15, 0.2) is 24.3 Å². The Morgan fingerprint density at radius 3 is 2.55 bits per heavy atom. The fraction of sp³-hybridized carbons (Fsp3) is 0.467. The van der Waals surface area contributed by atoms with E-state index in [-0.39, 0.29) is 12.1 Å². The maximum absolute atomic E-state index is 11.9. The summed E-state index contributed by atoms with van der Waals surface area (Å²) in [7, 11) is 0. The van der Waals surface area contributed by atoms with Crippen molar-refractivity contribution in [2.24, 2.45) is 5.73 Å². The van der Waals surface area contributed by atoms with Crippen molar-refractivity contribution in [1.82, 2.24) is 4.90 Å². The third kappa shape index (κ3) is 3.82. The van der Waals surface area contributed by atoms with Crippen molar-refractivity contribution < 1.29 is 14.3 Å². The van der Waals surface area contributed by atoms with Gasteiger partial charge in [-0.1, -0.05) is 12.1 Å². The van der Waals surface area contributed by atoms with E-state index in [1.807, 2.05) is 24.3 Å². The summed E-state index contributed by atoms with van der Waals surface area (Å²) in [6.45, 7) is 3.29. The molecule has 22 heavy (non-hydrogen) atoms. The number of piperidine rings is 1. The Hall–Kier alpha value is -1.51. The van der Waals surface area contributed by atoms with Crippen LogP contribution in [0.5, 0.6) is 0 Å². The smallest absolute Gasteiger partial charge is 0.409 e. The fourth-order valence-corrected chi connectivity index (χ4v) is 3.31. The first-order valence-corrected chi connectivity index (χ1v) is 8.37. The van der Waals surface area contributed by atoms with Crippen molar-refractivity contribution in [2.75, 3.05) is 24.6 Å². The maximum atomic E-state index is 11.9. The van der Waals surface area contributed by atoms with E-state index < -0.39 is 6.03 Å². The second-order valence-corrected chi connectivity index (χ2v) is 6.24. The van der Waals surface area contributed by atoms with Crippen LogP contribution in [0.3, 0.4) is 0 Å². The molecule has 2 rings (SSSR count). The van der Waals surface area contributed by atoms with E-state index in [4.69, 9.17) is 10.5 Å². The molecule has 1 heterocycles. The Morgan fingerprint density at radius 2 is 2.00 bits per heavy atom. The minimum atomic E-state index is -0.460. The van der Waals surface area contributed by atoms with Gasteiger partial charge in [-0.2, -0.15) is 0 Å². The van der Waals surface area contributed by atoms with Crippen molar-refractivity contribution >= 4 is 40.4 Å². The van der Waals surface area contributed by atoms with Gasteiger partial charge in [0.05, 0.1) is 12.3 Å². The number of ether oxygens (including phenoxy) is 1.